The number of carbonyl (C=O) groups is 1. The maximum Gasteiger partial charge on any atom is 0.437 e. The number of hydrogen-bond donors (Lipinski definition) is 1. The van der Waals surface area contributed by atoms with Crippen molar-refractivity contribution in [2.24, 2.45) is 0 Å². The van der Waals surface area contributed by atoms with Gasteiger partial charge in [0, 0.05) is 81.9 Å². The number of aliphatic hydroxyl groups is 1. The van der Waals surface area contributed by atoms with Gasteiger partial charge in [0.25, 0.3) is 0 Å². The smallest absolute Gasteiger partial charge is 0.437 e. The van der Waals surface area contributed by atoms with E-state index >= 15 is 0 Å². The fourth-order valence-corrected chi connectivity index (χ4v) is 6.78. The first-order chi connectivity index (χ1) is 32.1. The van der Waals surface area contributed by atoms with Crippen molar-refractivity contribution in [1.82, 2.24) is 30.2 Å². The highest BCUT2D eigenvalue weighted by Gasteiger charge is 2.39. The summed E-state index contributed by atoms with van der Waals surface area (Å²) >= 11 is 0. The van der Waals surface area contributed by atoms with E-state index in [1.807, 2.05) is 25.8 Å². The molecular weight excluding hydrogens is 895 g/mol. The number of anilines is 2. The lowest BCUT2D eigenvalue weighted by atomic mass is 10.0. The molecule has 1 aliphatic rings. The normalized spacial score (nSPS) is 12.6. The SMILES string of the molecule is C1CCOC1.CCCc1c(OCCCN(C)c2ncc(C(=O)OC)cn2)ccc2c(C(F)(F)F)noc12.CCCc1c(OCCCN(C)c2ncc(CO)cn2)ccc2c(C(F)(F)F)noc12. The van der Waals surface area contributed by atoms with Crippen LogP contribution in [0.5, 0.6) is 11.5 Å². The molecule has 0 spiro atoms. The van der Waals surface area contributed by atoms with E-state index in [1.165, 1.54) is 50.5 Å². The van der Waals surface area contributed by atoms with Crippen LogP contribution in [0.25, 0.3) is 21.9 Å². The van der Waals surface area contributed by atoms with E-state index in [1.54, 1.807) is 30.4 Å². The summed E-state index contributed by atoms with van der Waals surface area (Å²) in [6.45, 7) is 7.60. The molecule has 5 heterocycles. The lowest BCUT2D eigenvalue weighted by Crippen LogP contribution is -2.23. The van der Waals surface area contributed by atoms with Crippen molar-refractivity contribution in [2.45, 2.75) is 84.2 Å². The molecule has 67 heavy (non-hydrogen) atoms. The van der Waals surface area contributed by atoms with Crippen LogP contribution >= 0.6 is 0 Å². The van der Waals surface area contributed by atoms with Gasteiger partial charge in [-0.2, -0.15) is 26.3 Å². The third-order valence-electron chi connectivity index (χ3n) is 10.2. The van der Waals surface area contributed by atoms with E-state index < -0.39 is 29.7 Å². The number of ether oxygens (including phenoxy) is 4. The largest absolute Gasteiger partial charge is 0.493 e. The number of methoxy groups -OCH3 is 1. The van der Waals surface area contributed by atoms with Crippen LogP contribution in [0.4, 0.5) is 38.2 Å². The van der Waals surface area contributed by atoms with Gasteiger partial charge in [-0.05, 0) is 62.8 Å². The molecule has 1 N–H and O–H groups in total. The highest BCUT2D eigenvalue weighted by Crippen LogP contribution is 2.39. The maximum atomic E-state index is 13.1. The minimum Gasteiger partial charge on any atom is -0.493 e. The van der Waals surface area contributed by atoms with Gasteiger partial charge in [0.2, 0.25) is 11.9 Å². The van der Waals surface area contributed by atoms with Crippen molar-refractivity contribution < 1.29 is 64.2 Å². The molecule has 6 aromatic rings. The van der Waals surface area contributed by atoms with Crippen molar-refractivity contribution >= 4 is 39.8 Å². The fourth-order valence-electron chi connectivity index (χ4n) is 6.78. The maximum absolute atomic E-state index is 13.1. The van der Waals surface area contributed by atoms with Gasteiger partial charge in [-0.1, -0.05) is 37.0 Å². The summed E-state index contributed by atoms with van der Waals surface area (Å²) in [4.78, 5) is 31.7. The summed E-state index contributed by atoms with van der Waals surface area (Å²) in [7, 11) is 4.92. The number of aromatic nitrogens is 6. The van der Waals surface area contributed by atoms with E-state index in [0.29, 0.717) is 98.5 Å². The molecule has 16 nitrogen and oxygen atoms in total. The molecule has 1 fully saturated rings. The number of nitrogens with zero attached hydrogens (tertiary/aromatic N) is 8. The van der Waals surface area contributed by atoms with Crippen molar-refractivity contribution in [3.63, 3.8) is 0 Å². The van der Waals surface area contributed by atoms with Gasteiger partial charge < -0.3 is 42.9 Å². The average Bonchev–Trinajstić information content (AvgIpc) is 4.13. The average molecular weight is 949 g/mol. The van der Waals surface area contributed by atoms with Gasteiger partial charge in [0.15, 0.2) is 22.6 Å². The van der Waals surface area contributed by atoms with Crippen LogP contribution in [0.2, 0.25) is 0 Å². The lowest BCUT2D eigenvalue weighted by Gasteiger charge is -2.17. The number of alkyl halides is 6. The Hall–Kier alpha value is -6.29. The highest BCUT2D eigenvalue weighted by molar-refractivity contribution is 5.88. The van der Waals surface area contributed by atoms with Gasteiger partial charge in [0.05, 0.1) is 43.3 Å². The second-order valence-corrected chi connectivity index (χ2v) is 15.3. The van der Waals surface area contributed by atoms with Crippen molar-refractivity contribution in [3.8, 4) is 11.5 Å². The molecule has 7 rings (SSSR count). The zero-order chi connectivity index (χ0) is 48.6. The predicted molar refractivity (Wildman–Crippen MR) is 234 cm³/mol. The van der Waals surface area contributed by atoms with Gasteiger partial charge >= 0.3 is 18.3 Å². The molecule has 0 amide bonds. The van der Waals surface area contributed by atoms with Crippen molar-refractivity contribution in [1.29, 1.82) is 0 Å². The second-order valence-electron chi connectivity index (χ2n) is 15.3. The third kappa shape index (κ3) is 14.1. The quantitative estimate of drug-likeness (QED) is 0.0488. The first-order valence-corrected chi connectivity index (χ1v) is 21.7. The van der Waals surface area contributed by atoms with Crippen LogP contribution in [0, 0.1) is 0 Å². The highest BCUT2D eigenvalue weighted by atomic mass is 19.4. The first-order valence-electron chi connectivity index (χ1n) is 21.7. The Labute approximate surface area is 382 Å². The van der Waals surface area contributed by atoms with Gasteiger partial charge in [-0.25, -0.2) is 24.7 Å². The summed E-state index contributed by atoms with van der Waals surface area (Å²) in [5.41, 5.74) is 0.233. The molecule has 0 aliphatic carbocycles. The summed E-state index contributed by atoms with van der Waals surface area (Å²) in [5, 5.41) is 15.4. The molecule has 1 saturated heterocycles. The summed E-state index contributed by atoms with van der Waals surface area (Å²) in [6, 6.07) is 5.73. The van der Waals surface area contributed by atoms with Gasteiger partial charge in [-0.3, -0.25) is 0 Å². The number of carbonyl (C=O) groups excluding carboxylic acids is 1. The Kier molecular flexibility index (Phi) is 18.9. The molecule has 2 aromatic carbocycles. The molecule has 22 heteroatoms. The number of fused-ring (bicyclic) bond motifs is 2. The zero-order valence-electron chi connectivity index (χ0n) is 37.9. The Balaban J connectivity index is 0.000000227. The molecule has 4 aromatic heterocycles. The van der Waals surface area contributed by atoms with Crippen LogP contribution < -0.4 is 19.3 Å². The van der Waals surface area contributed by atoms with Gasteiger partial charge in [0.1, 0.15) is 11.5 Å². The van der Waals surface area contributed by atoms with E-state index in [0.717, 1.165) is 19.6 Å². The lowest BCUT2D eigenvalue weighted by molar-refractivity contribution is -0.142. The third-order valence-corrected chi connectivity index (χ3v) is 10.2. The minimum absolute atomic E-state index is 0.0542. The minimum atomic E-state index is -4.58. The van der Waals surface area contributed by atoms with E-state index in [-0.39, 0.29) is 34.1 Å². The van der Waals surface area contributed by atoms with E-state index in [2.05, 4.69) is 35.0 Å². The van der Waals surface area contributed by atoms with E-state index in [4.69, 9.17) is 28.4 Å². The van der Waals surface area contributed by atoms with Crippen LogP contribution in [0.15, 0.2) is 58.1 Å². The topological polar surface area (TPSA) is 184 Å². The summed E-state index contributed by atoms with van der Waals surface area (Å²) in [5.74, 6) is 1.43. The van der Waals surface area contributed by atoms with Crippen LogP contribution in [-0.2, 0) is 41.3 Å². The monoisotopic (exact) mass is 948 g/mol. The fraction of sp³-hybridized carbons (Fsp3) is 0.489. The molecule has 1 aliphatic heterocycles. The van der Waals surface area contributed by atoms with Gasteiger partial charge in [-0.15, -0.1) is 0 Å². The Morgan fingerprint density at radius 1 is 0.701 bits per heavy atom. The molecule has 0 unspecified atom stereocenters. The molecular formula is C45H54F6N8O8. The number of aliphatic hydroxyl groups excluding tert-OH is 1. The van der Waals surface area contributed by atoms with Crippen LogP contribution in [0.1, 0.15) is 90.8 Å². The standard InChI is InChI=1S/C21H23F3N4O4.C20H23F3N4O3.C4H8O/c1-4-6-14-16(8-7-15-17(14)32-27-18(15)21(22,23)24)31-10-5-9-28(2)20-25-11-13(12-26-20)19(29)30-3;1-3-5-14-16(7-6-15-17(14)30-26-18(15)20(21,22)23)29-9-4-8-27(2)19-24-10-13(12-28)11-25-19;1-2-4-5-3-1/h7-8,11-12H,4-6,9-10H2,1-3H3;6-7,10-11,28H,3-5,8-9,12H2,1-2H3;1-4H2. The first kappa shape index (κ1) is 51.7. The number of esters is 1. The number of benzene rings is 2. The Morgan fingerprint density at radius 3 is 1.49 bits per heavy atom. The molecule has 0 bridgehead atoms. The Bertz CT molecular complexity index is 2450. The molecule has 364 valence electrons. The van der Waals surface area contributed by atoms with Crippen molar-refractivity contribution in [3.05, 3.63) is 82.7 Å². The predicted octanol–water partition coefficient (Wildman–Crippen LogP) is 9.06. The number of aryl methyl sites for hydroxylation is 2. The summed E-state index contributed by atoms with van der Waals surface area (Å²) < 4.78 is 110. The zero-order valence-corrected chi connectivity index (χ0v) is 37.9. The molecule has 0 radical (unpaired) electrons. The van der Waals surface area contributed by atoms with Crippen LogP contribution in [-0.4, -0.2) is 102 Å². The number of halogens is 6. The number of rotatable bonds is 18. The molecule has 0 saturated carbocycles. The second kappa shape index (κ2) is 24.5. The Morgan fingerprint density at radius 2 is 1.13 bits per heavy atom. The van der Waals surface area contributed by atoms with E-state index in [9.17, 15) is 31.1 Å². The van der Waals surface area contributed by atoms with Crippen LogP contribution in [0.3, 0.4) is 0 Å². The summed E-state index contributed by atoms with van der Waals surface area (Å²) in [6.07, 6.45) is 3.01. The molecule has 0 atom stereocenters. The van der Waals surface area contributed by atoms with Crippen molar-refractivity contribution in [2.75, 3.05) is 70.5 Å². The number of hydrogen-bond acceptors (Lipinski definition) is 16.